The first kappa shape index (κ1) is 18.3. The number of hydrogen-bond donors (Lipinski definition) is 2. The van der Waals surface area contributed by atoms with Gasteiger partial charge >= 0.3 is 0 Å². The quantitative estimate of drug-likeness (QED) is 0.859. The van der Waals surface area contributed by atoms with E-state index in [0.717, 1.165) is 12.1 Å². The van der Waals surface area contributed by atoms with Crippen LogP contribution in [0.25, 0.3) is 0 Å². The van der Waals surface area contributed by atoms with Crippen molar-refractivity contribution in [3.05, 3.63) is 29.8 Å². The molecule has 0 bridgehead atoms. The Morgan fingerprint density at radius 2 is 2.12 bits per heavy atom. The van der Waals surface area contributed by atoms with Crippen LogP contribution in [0.1, 0.15) is 27.2 Å². The van der Waals surface area contributed by atoms with Crippen molar-refractivity contribution >= 4 is 17.5 Å². The van der Waals surface area contributed by atoms with Crippen molar-refractivity contribution in [2.45, 2.75) is 32.7 Å². The Hall–Kier alpha value is -2.02. The fraction of sp³-hybridized carbons (Fsp3) is 0.529. The normalized spacial score (nSPS) is 20.4. The zero-order valence-corrected chi connectivity index (χ0v) is 14.1. The van der Waals surface area contributed by atoms with Crippen LogP contribution in [0, 0.1) is 23.5 Å². The molecule has 7 heteroatoms. The minimum Gasteiger partial charge on any atom is -0.349 e. The van der Waals surface area contributed by atoms with Crippen molar-refractivity contribution in [3.8, 4) is 0 Å². The number of benzene rings is 1. The summed E-state index contributed by atoms with van der Waals surface area (Å²) in [5.74, 6) is -2.65. The van der Waals surface area contributed by atoms with Gasteiger partial charge in [0.1, 0.15) is 11.6 Å². The standard InChI is InChI=1S/C17H23F2N3O2/c1-10(2)17(3,9-20)21-16(24)11-6-15(23)22(8-11)14-5-4-12(18)7-13(14)19/h4-5,7,10-11H,6,8-9,20H2,1-3H3,(H,21,24). The zero-order chi connectivity index (χ0) is 18.1. The van der Waals surface area contributed by atoms with Crippen molar-refractivity contribution < 1.29 is 18.4 Å². The predicted octanol–water partition coefficient (Wildman–Crippen LogP) is 1.81. The Labute approximate surface area is 140 Å². The van der Waals surface area contributed by atoms with Crippen LogP contribution >= 0.6 is 0 Å². The molecule has 0 saturated carbocycles. The van der Waals surface area contributed by atoms with E-state index in [1.54, 1.807) is 0 Å². The summed E-state index contributed by atoms with van der Waals surface area (Å²) in [6.45, 7) is 6.09. The topological polar surface area (TPSA) is 75.4 Å². The minimum atomic E-state index is -0.821. The van der Waals surface area contributed by atoms with Crippen molar-refractivity contribution in [2.75, 3.05) is 18.0 Å². The van der Waals surface area contributed by atoms with Crippen LogP contribution in [0.2, 0.25) is 0 Å². The number of amides is 2. The molecule has 1 aliphatic heterocycles. The molecule has 1 heterocycles. The van der Waals surface area contributed by atoms with Gasteiger partial charge < -0.3 is 16.0 Å². The molecule has 1 saturated heterocycles. The number of halogens is 2. The lowest BCUT2D eigenvalue weighted by atomic mass is 9.87. The number of rotatable bonds is 5. The van der Waals surface area contributed by atoms with Crippen LogP contribution in [0.15, 0.2) is 18.2 Å². The maximum Gasteiger partial charge on any atom is 0.227 e. The average Bonchev–Trinajstić information content (AvgIpc) is 2.89. The van der Waals surface area contributed by atoms with E-state index in [1.165, 1.54) is 11.0 Å². The van der Waals surface area contributed by atoms with Gasteiger partial charge in [0.25, 0.3) is 0 Å². The second-order valence-electron chi connectivity index (χ2n) is 6.77. The highest BCUT2D eigenvalue weighted by Gasteiger charge is 2.39. The molecule has 132 valence electrons. The summed E-state index contributed by atoms with van der Waals surface area (Å²) in [5, 5.41) is 2.90. The summed E-state index contributed by atoms with van der Waals surface area (Å²) >= 11 is 0. The Balaban J connectivity index is 2.13. The predicted molar refractivity (Wildman–Crippen MR) is 87.3 cm³/mol. The molecular formula is C17H23F2N3O2. The third kappa shape index (κ3) is 3.56. The van der Waals surface area contributed by atoms with E-state index in [-0.39, 0.29) is 42.9 Å². The van der Waals surface area contributed by atoms with Crippen molar-refractivity contribution in [2.24, 2.45) is 17.6 Å². The van der Waals surface area contributed by atoms with Gasteiger partial charge in [-0.25, -0.2) is 8.78 Å². The molecule has 0 aromatic heterocycles. The number of hydrogen-bond acceptors (Lipinski definition) is 3. The number of nitrogens with zero attached hydrogens (tertiary/aromatic N) is 1. The lowest BCUT2D eigenvalue weighted by Gasteiger charge is -2.34. The molecule has 0 spiro atoms. The van der Waals surface area contributed by atoms with E-state index in [0.29, 0.717) is 0 Å². The van der Waals surface area contributed by atoms with E-state index in [1.807, 2.05) is 20.8 Å². The van der Waals surface area contributed by atoms with Crippen molar-refractivity contribution in [1.82, 2.24) is 5.32 Å². The maximum absolute atomic E-state index is 13.9. The Bertz CT molecular complexity index is 651. The molecule has 2 rings (SSSR count). The third-order valence-corrected chi connectivity index (χ3v) is 4.80. The zero-order valence-electron chi connectivity index (χ0n) is 14.1. The fourth-order valence-electron chi connectivity index (χ4n) is 2.63. The molecule has 2 atom stereocenters. The van der Waals surface area contributed by atoms with Crippen LogP contribution in [-0.2, 0) is 9.59 Å². The first-order valence-electron chi connectivity index (χ1n) is 7.95. The van der Waals surface area contributed by atoms with E-state index < -0.39 is 23.1 Å². The van der Waals surface area contributed by atoms with Crippen LogP contribution in [0.4, 0.5) is 14.5 Å². The number of nitrogens with one attached hydrogen (secondary N) is 1. The summed E-state index contributed by atoms with van der Waals surface area (Å²) in [4.78, 5) is 25.8. The lowest BCUT2D eigenvalue weighted by molar-refractivity contribution is -0.128. The molecule has 1 aromatic carbocycles. The Kier molecular flexibility index (Phi) is 5.22. The van der Waals surface area contributed by atoms with E-state index in [4.69, 9.17) is 5.73 Å². The SMILES string of the molecule is CC(C)C(C)(CN)NC(=O)C1CC(=O)N(c2ccc(F)cc2F)C1. The summed E-state index contributed by atoms with van der Waals surface area (Å²) in [6.07, 6.45) is -0.0125. The van der Waals surface area contributed by atoms with E-state index >= 15 is 0 Å². The smallest absolute Gasteiger partial charge is 0.227 e. The van der Waals surface area contributed by atoms with Gasteiger partial charge in [-0.15, -0.1) is 0 Å². The van der Waals surface area contributed by atoms with Gasteiger partial charge in [-0.05, 0) is 25.0 Å². The largest absolute Gasteiger partial charge is 0.349 e. The highest BCUT2D eigenvalue weighted by Crippen LogP contribution is 2.28. The van der Waals surface area contributed by atoms with E-state index in [2.05, 4.69) is 5.32 Å². The number of carbonyl (C=O) groups excluding carboxylic acids is 2. The van der Waals surface area contributed by atoms with Gasteiger partial charge in [-0.1, -0.05) is 13.8 Å². The maximum atomic E-state index is 13.9. The van der Waals surface area contributed by atoms with Gasteiger partial charge in [0.15, 0.2) is 0 Å². The van der Waals surface area contributed by atoms with E-state index in [9.17, 15) is 18.4 Å². The summed E-state index contributed by atoms with van der Waals surface area (Å²) < 4.78 is 26.9. The molecule has 1 fully saturated rings. The molecule has 0 radical (unpaired) electrons. The van der Waals surface area contributed by atoms with Gasteiger partial charge in [-0.3, -0.25) is 9.59 Å². The van der Waals surface area contributed by atoms with Crippen molar-refractivity contribution in [1.29, 1.82) is 0 Å². The van der Waals surface area contributed by atoms with Gasteiger partial charge in [0.05, 0.1) is 17.1 Å². The molecule has 0 aliphatic carbocycles. The molecule has 1 aromatic rings. The summed E-state index contributed by atoms with van der Waals surface area (Å²) in [7, 11) is 0. The average molecular weight is 339 g/mol. The minimum absolute atomic E-state index is 0.0119. The highest BCUT2D eigenvalue weighted by molar-refractivity contribution is 6.00. The van der Waals surface area contributed by atoms with Crippen LogP contribution < -0.4 is 16.0 Å². The Morgan fingerprint density at radius 3 is 2.67 bits per heavy atom. The summed E-state index contributed by atoms with van der Waals surface area (Å²) in [5.41, 5.74) is 5.17. The summed E-state index contributed by atoms with van der Waals surface area (Å²) in [6, 6.07) is 3.02. The second-order valence-corrected chi connectivity index (χ2v) is 6.77. The van der Waals surface area contributed by atoms with Crippen molar-refractivity contribution in [3.63, 3.8) is 0 Å². The first-order chi connectivity index (χ1) is 11.2. The lowest BCUT2D eigenvalue weighted by Crippen LogP contribution is -2.56. The van der Waals surface area contributed by atoms with Crippen LogP contribution in [0.3, 0.4) is 0 Å². The number of nitrogens with two attached hydrogens (primary N) is 1. The third-order valence-electron chi connectivity index (χ3n) is 4.80. The van der Waals surface area contributed by atoms with Gasteiger partial charge in [-0.2, -0.15) is 0 Å². The molecule has 24 heavy (non-hydrogen) atoms. The van der Waals surface area contributed by atoms with Gasteiger partial charge in [0, 0.05) is 25.6 Å². The molecule has 5 nitrogen and oxygen atoms in total. The number of anilines is 1. The molecule has 1 aliphatic rings. The van der Waals surface area contributed by atoms with Gasteiger partial charge in [0.2, 0.25) is 11.8 Å². The second kappa shape index (κ2) is 6.84. The fourth-order valence-corrected chi connectivity index (χ4v) is 2.63. The number of carbonyl (C=O) groups is 2. The molecule has 2 amide bonds. The Morgan fingerprint density at radius 1 is 1.46 bits per heavy atom. The molecular weight excluding hydrogens is 316 g/mol. The van der Waals surface area contributed by atoms with Crippen LogP contribution in [0.5, 0.6) is 0 Å². The highest BCUT2D eigenvalue weighted by atomic mass is 19.1. The van der Waals surface area contributed by atoms with Crippen LogP contribution in [-0.4, -0.2) is 30.4 Å². The molecule has 3 N–H and O–H groups in total. The first-order valence-corrected chi connectivity index (χ1v) is 7.95. The monoisotopic (exact) mass is 339 g/mol. The molecule has 2 unspecified atom stereocenters.